The van der Waals surface area contributed by atoms with Crippen molar-refractivity contribution in [2.24, 2.45) is 0 Å². The van der Waals surface area contributed by atoms with E-state index in [9.17, 15) is 18.4 Å². The Bertz CT molecular complexity index is 1890. The second-order valence-electron chi connectivity index (χ2n) is 12.4. The molecule has 4 N–H and O–H groups in total. The number of aromatic amines is 1. The summed E-state index contributed by atoms with van der Waals surface area (Å²) in [7, 11) is 1.15. The number of hydrogen-bond acceptors (Lipinski definition) is 7. The predicted molar refractivity (Wildman–Crippen MR) is 181 cm³/mol. The number of halogens is 3. The minimum Gasteiger partial charge on any atom is -0.453 e. The molecule has 0 radical (unpaired) electrons. The third-order valence-electron chi connectivity index (χ3n) is 9.05. The van der Waals surface area contributed by atoms with Gasteiger partial charge >= 0.3 is 6.09 Å². The van der Waals surface area contributed by atoms with Gasteiger partial charge in [-0.15, -0.1) is 0 Å². The maximum atomic E-state index is 15.3. The van der Waals surface area contributed by atoms with Gasteiger partial charge in [0.2, 0.25) is 5.91 Å². The largest absolute Gasteiger partial charge is 0.453 e. The molecule has 2 aromatic heterocycles. The van der Waals surface area contributed by atoms with E-state index in [2.05, 4.69) is 51.9 Å². The van der Waals surface area contributed by atoms with Gasteiger partial charge in [0.25, 0.3) is 0 Å². The number of amides is 2. The summed E-state index contributed by atoms with van der Waals surface area (Å²) in [5.74, 6) is -2.48. The minimum atomic E-state index is -1.34. The van der Waals surface area contributed by atoms with Crippen LogP contribution in [0.4, 0.5) is 23.7 Å². The lowest BCUT2D eigenvalue weighted by molar-refractivity contribution is -0.118. The van der Waals surface area contributed by atoms with Gasteiger partial charge in [-0.1, -0.05) is 24.3 Å². The number of carbonyl (C=O) groups is 2. The monoisotopic (exact) mass is 686 g/mol. The van der Waals surface area contributed by atoms with Gasteiger partial charge in [-0.2, -0.15) is 0 Å². The van der Waals surface area contributed by atoms with Crippen molar-refractivity contribution in [3.8, 4) is 0 Å². The predicted octanol–water partition coefficient (Wildman–Crippen LogP) is 6.15. The van der Waals surface area contributed by atoms with Crippen LogP contribution in [0.3, 0.4) is 0 Å². The van der Waals surface area contributed by atoms with Gasteiger partial charge in [0, 0.05) is 18.0 Å². The fourth-order valence-electron chi connectivity index (χ4n) is 6.18. The zero-order chi connectivity index (χ0) is 35.4. The number of aromatic nitrogens is 3. The summed E-state index contributed by atoms with van der Waals surface area (Å²) in [6.07, 6.45) is 1.88. The van der Waals surface area contributed by atoms with Crippen molar-refractivity contribution in [1.29, 1.82) is 0 Å². The number of pyridine rings is 1. The molecule has 0 aliphatic carbocycles. The van der Waals surface area contributed by atoms with Crippen molar-refractivity contribution >= 4 is 28.7 Å². The van der Waals surface area contributed by atoms with Crippen LogP contribution in [0.2, 0.25) is 0 Å². The lowest BCUT2D eigenvalue weighted by atomic mass is 9.84. The average molecular weight is 687 g/mol. The van der Waals surface area contributed by atoms with Gasteiger partial charge in [0.1, 0.15) is 29.3 Å². The number of nitrogens with zero attached hydrogens (tertiary/aromatic N) is 2. The summed E-state index contributed by atoms with van der Waals surface area (Å²) < 4.78 is 54.0. The second-order valence-corrected chi connectivity index (χ2v) is 12.4. The fourth-order valence-corrected chi connectivity index (χ4v) is 6.18. The smallest absolute Gasteiger partial charge is 0.407 e. The van der Waals surface area contributed by atoms with E-state index in [4.69, 9.17) is 14.5 Å². The molecular weight excluding hydrogens is 649 g/mol. The van der Waals surface area contributed by atoms with Crippen molar-refractivity contribution in [2.75, 3.05) is 25.6 Å². The molecule has 50 heavy (non-hydrogen) atoms. The van der Waals surface area contributed by atoms with Crippen LogP contribution >= 0.6 is 0 Å². The molecule has 1 aliphatic heterocycles. The summed E-state index contributed by atoms with van der Waals surface area (Å²) in [5, 5.41) is 8.75. The van der Waals surface area contributed by atoms with Crippen molar-refractivity contribution in [1.82, 2.24) is 25.6 Å². The number of rotatable bonds is 10. The number of fused-ring (bicyclic) bond motifs is 1. The first kappa shape index (κ1) is 34.6. The maximum absolute atomic E-state index is 15.3. The van der Waals surface area contributed by atoms with Crippen molar-refractivity contribution in [3.05, 3.63) is 124 Å². The molecule has 3 atom stereocenters. The Labute approximate surface area is 286 Å². The summed E-state index contributed by atoms with van der Waals surface area (Å²) >= 11 is 0. The molecule has 3 heterocycles. The summed E-state index contributed by atoms with van der Waals surface area (Å²) in [6.45, 7) is 4.96. The fraction of sp³-hybridized carbons (Fsp3) is 0.297. The van der Waals surface area contributed by atoms with Crippen LogP contribution in [0.15, 0.2) is 73.1 Å². The SMILES string of the molecule is COC(=O)NC(C(=O)Nc1cncc(F)c1CC[C@@H]1CN[C@H](c2nc3cc(C)c(C)cc3[nH]2)CO1)C(c1ccc(F)cc1)c1ccc(F)cc1. The summed E-state index contributed by atoms with van der Waals surface area (Å²) in [5.41, 5.74) is 5.42. The Morgan fingerprint density at radius 3 is 2.26 bits per heavy atom. The molecule has 1 fully saturated rings. The molecule has 1 saturated heterocycles. The Morgan fingerprint density at radius 1 is 0.980 bits per heavy atom. The number of methoxy groups -OCH3 is 1. The van der Waals surface area contributed by atoms with E-state index in [0.29, 0.717) is 30.7 Å². The highest BCUT2D eigenvalue weighted by molar-refractivity contribution is 5.98. The minimum absolute atomic E-state index is 0.109. The molecule has 260 valence electrons. The zero-order valence-corrected chi connectivity index (χ0v) is 27.7. The number of morpholine rings is 1. The van der Waals surface area contributed by atoms with Crippen LogP contribution in [0.1, 0.15) is 52.0 Å². The number of anilines is 1. The molecule has 10 nitrogen and oxygen atoms in total. The molecule has 2 amide bonds. The lowest BCUT2D eigenvalue weighted by Gasteiger charge is -2.30. The molecule has 1 aliphatic rings. The van der Waals surface area contributed by atoms with Gasteiger partial charge in [0.15, 0.2) is 0 Å². The Kier molecular flexibility index (Phi) is 10.4. The normalized spacial score (nSPS) is 16.7. The van der Waals surface area contributed by atoms with Gasteiger partial charge in [0.05, 0.1) is 55.0 Å². The molecule has 0 saturated carbocycles. The molecule has 0 spiro atoms. The number of imidazole rings is 1. The standard InChI is InChI=1S/C37H37F3N6O4/c1-20-14-29-30(15-21(20)2)44-35(43-29)32-19-50-26(16-42-32)12-13-27-28(40)17-41-18-31(27)45-36(47)34(46-37(48)49-3)33(22-4-8-24(38)9-5-22)23-6-10-25(39)11-7-23/h4-11,14-15,17-18,26,32-34,42H,12-13,16,19H2,1-3H3,(H,43,44)(H,45,47)(H,46,48)/t26-,32+,34?/m1/s1. The Morgan fingerprint density at radius 2 is 1.64 bits per heavy atom. The highest BCUT2D eigenvalue weighted by Gasteiger charge is 2.34. The molecular formula is C37H37F3N6O4. The van der Waals surface area contributed by atoms with Crippen molar-refractivity contribution in [3.63, 3.8) is 0 Å². The summed E-state index contributed by atoms with van der Waals surface area (Å²) in [6, 6.07) is 13.4. The van der Waals surface area contributed by atoms with Gasteiger partial charge < -0.3 is 30.4 Å². The van der Waals surface area contributed by atoms with Crippen LogP contribution in [-0.2, 0) is 20.7 Å². The van der Waals surface area contributed by atoms with E-state index >= 15 is 4.39 Å². The van der Waals surface area contributed by atoms with Gasteiger partial charge in [-0.3, -0.25) is 9.78 Å². The number of ether oxygens (including phenoxy) is 2. The number of benzene rings is 3. The van der Waals surface area contributed by atoms with E-state index in [-0.39, 0.29) is 29.8 Å². The molecule has 5 aromatic rings. The highest BCUT2D eigenvalue weighted by atomic mass is 19.1. The van der Waals surface area contributed by atoms with Crippen LogP contribution < -0.4 is 16.0 Å². The molecule has 6 rings (SSSR count). The third-order valence-corrected chi connectivity index (χ3v) is 9.05. The van der Waals surface area contributed by atoms with Crippen molar-refractivity contribution in [2.45, 2.75) is 50.8 Å². The first-order valence-corrected chi connectivity index (χ1v) is 16.2. The van der Waals surface area contributed by atoms with E-state index < -0.39 is 41.4 Å². The van der Waals surface area contributed by atoms with Gasteiger partial charge in [-0.25, -0.2) is 22.9 Å². The highest BCUT2D eigenvalue weighted by Crippen LogP contribution is 2.31. The zero-order valence-electron chi connectivity index (χ0n) is 27.7. The van der Waals surface area contributed by atoms with E-state index in [0.717, 1.165) is 35.7 Å². The number of hydrogen-bond donors (Lipinski definition) is 4. The number of alkyl carbamates (subject to hydrolysis) is 1. The van der Waals surface area contributed by atoms with Crippen molar-refractivity contribution < 1.29 is 32.2 Å². The number of nitrogens with one attached hydrogen (secondary N) is 4. The second kappa shape index (κ2) is 15.1. The first-order chi connectivity index (χ1) is 24.1. The van der Waals surface area contributed by atoms with Gasteiger partial charge in [-0.05, 0) is 85.3 Å². The third kappa shape index (κ3) is 7.79. The molecule has 13 heteroatoms. The molecule has 1 unspecified atom stereocenters. The summed E-state index contributed by atoms with van der Waals surface area (Å²) in [4.78, 5) is 38.6. The van der Waals surface area contributed by atoms with E-state index in [1.54, 1.807) is 0 Å². The quantitative estimate of drug-likeness (QED) is 0.139. The van der Waals surface area contributed by atoms with Crippen LogP contribution in [0.5, 0.6) is 0 Å². The maximum Gasteiger partial charge on any atom is 0.407 e. The van der Waals surface area contributed by atoms with Crippen LogP contribution in [0.25, 0.3) is 11.0 Å². The lowest BCUT2D eigenvalue weighted by Crippen LogP contribution is -2.48. The number of carbonyl (C=O) groups excluding carboxylic acids is 2. The molecule has 3 aromatic carbocycles. The van der Waals surface area contributed by atoms with Crippen LogP contribution in [-0.4, -0.2) is 59.4 Å². The number of aryl methyl sites for hydroxylation is 2. The van der Waals surface area contributed by atoms with Crippen LogP contribution in [0, 0.1) is 31.3 Å². The topological polar surface area (TPSA) is 130 Å². The van der Waals surface area contributed by atoms with E-state index in [1.165, 1.54) is 60.3 Å². The average Bonchev–Trinajstić information content (AvgIpc) is 3.52. The Hall–Kier alpha value is -5.27. The first-order valence-electron chi connectivity index (χ1n) is 16.2. The van der Waals surface area contributed by atoms with E-state index in [1.807, 2.05) is 0 Å². The Balaban J connectivity index is 1.18. The molecule has 0 bridgehead atoms. The number of H-pyrrole nitrogens is 1.